The highest BCUT2D eigenvalue weighted by atomic mass is 16.5. The highest BCUT2D eigenvalue weighted by Gasteiger charge is 2.44. The second-order valence-corrected chi connectivity index (χ2v) is 7.45. The van der Waals surface area contributed by atoms with Crippen LogP contribution < -0.4 is 0 Å². The minimum atomic E-state index is -0.458. The molecule has 2 aromatic carbocycles. The number of rotatable bonds is 6. The van der Waals surface area contributed by atoms with E-state index in [0.29, 0.717) is 18.7 Å². The van der Waals surface area contributed by atoms with Gasteiger partial charge in [0, 0.05) is 32.3 Å². The molecule has 0 aromatic heterocycles. The molecule has 1 heterocycles. The van der Waals surface area contributed by atoms with E-state index in [1.807, 2.05) is 75.5 Å². The number of carbonyl (C=O) groups is 2. The van der Waals surface area contributed by atoms with Crippen molar-refractivity contribution >= 4 is 11.8 Å². The Morgan fingerprint density at radius 3 is 2.39 bits per heavy atom. The average molecular weight is 380 g/mol. The lowest BCUT2D eigenvalue weighted by Gasteiger charge is -2.43. The molecule has 0 saturated carbocycles. The van der Waals surface area contributed by atoms with Gasteiger partial charge in [0.05, 0.1) is 18.6 Å². The van der Waals surface area contributed by atoms with Gasteiger partial charge in [-0.2, -0.15) is 0 Å². The Labute approximate surface area is 166 Å². The van der Waals surface area contributed by atoms with Gasteiger partial charge in [-0.25, -0.2) is 0 Å². The molecule has 0 N–H and O–H groups in total. The number of hydrogen-bond acceptors (Lipinski definition) is 3. The molecule has 2 atom stereocenters. The summed E-state index contributed by atoms with van der Waals surface area (Å²) in [4.78, 5) is 30.4. The van der Waals surface area contributed by atoms with Crippen molar-refractivity contribution in [1.82, 2.24) is 9.80 Å². The predicted molar refractivity (Wildman–Crippen MR) is 109 cm³/mol. The van der Waals surface area contributed by atoms with Gasteiger partial charge in [-0.05, 0) is 31.0 Å². The number of carbonyl (C=O) groups excluding carboxylic acids is 2. The van der Waals surface area contributed by atoms with Gasteiger partial charge < -0.3 is 14.5 Å². The maximum atomic E-state index is 13.6. The van der Waals surface area contributed by atoms with Crippen LogP contribution in [0.25, 0.3) is 0 Å². The minimum absolute atomic E-state index is 0.0196. The van der Waals surface area contributed by atoms with E-state index in [9.17, 15) is 9.59 Å². The number of ether oxygens (including phenoxy) is 1. The summed E-state index contributed by atoms with van der Waals surface area (Å²) < 4.78 is 5.26. The first kappa shape index (κ1) is 20.1. The number of likely N-dealkylation sites (N-methyl/N-ethyl adjacent to an activating group) is 1. The second kappa shape index (κ2) is 8.57. The SMILES string of the molecule is COCCN1C(=O)c2ccccc2[C@@H](C(=O)N(C)C(C)C)[C@@H]1c1ccccc1. The lowest BCUT2D eigenvalue weighted by Crippen LogP contribution is -2.49. The summed E-state index contributed by atoms with van der Waals surface area (Å²) in [5.41, 5.74) is 2.35. The largest absolute Gasteiger partial charge is 0.383 e. The van der Waals surface area contributed by atoms with Crippen molar-refractivity contribution in [3.8, 4) is 0 Å². The first-order chi connectivity index (χ1) is 13.5. The third kappa shape index (κ3) is 3.67. The zero-order chi connectivity index (χ0) is 20.3. The van der Waals surface area contributed by atoms with Gasteiger partial charge in [0.25, 0.3) is 5.91 Å². The van der Waals surface area contributed by atoms with Gasteiger partial charge in [0.15, 0.2) is 0 Å². The molecule has 28 heavy (non-hydrogen) atoms. The van der Waals surface area contributed by atoms with Gasteiger partial charge in [0.1, 0.15) is 0 Å². The molecular weight excluding hydrogens is 352 g/mol. The van der Waals surface area contributed by atoms with Crippen LogP contribution >= 0.6 is 0 Å². The molecule has 0 fully saturated rings. The number of nitrogens with zero attached hydrogens (tertiary/aromatic N) is 2. The third-order valence-corrected chi connectivity index (χ3v) is 5.50. The fraction of sp³-hybridized carbons (Fsp3) is 0.391. The molecule has 0 radical (unpaired) electrons. The number of hydrogen-bond donors (Lipinski definition) is 0. The smallest absolute Gasteiger partial charge is 0.254 e. The fourth-order valence-electron chi connectivity index (χ4n) is 3.79. The summed E-state index contributed by atoms with van der Waals surface area (Å²) in [5.74, 6) is -0.496. The summed E-state index contributed by atoms with van der Waals surface area (Å²) in [5, 5.41) is 0. The fourth-order valence-corrected chi connectivity index (χ4v) is 3.79. The van der Waals surface area contributed by atoms with Gasteiger partial charge in [-0.3, -0.25) is 9.59 Å². The van der Waals surface area contributed by atoms with Crippen LogP contribution in [-0.4, -0.2) is 55.0 Å². The zero-order valence-electron chi connectivity index (χ0n) is 17.0. The number of benzene rings is 2. The number of fused-ring (bicyclic) bond motifs is 1. The van der Waals surface area contributed by atoms with E-state index in [1.165, 1.54) is 0 Å². The van der Waals surface area contributed by atoms with Crippen LogP contribution in [-0.2, 0) is 9.53 Å². The van der Waals surface area contributed by atoms with E-state index in [0.717, 1.165) is 11.1 Å². The van der Waals surface area contributed by atoms with Crippen LogP contribution in [0.3, 0.4) is 0 Å². The van der Waals surface area contributed by atoms with E-state index >= 15 is 0 Å². The van der Waals surface area contributed by atoms with E-state index in [-0.39, 0.29) is 23.9 Å². The normalized spacial score (nSPS) is 18.9. The van der Waals surface area contributed by atoms with E-state index in [2.05, 4.69) is 0 Å². The lowest BCUT2D eigenvalue weighted by molar-refractivity contribution is -0.134. The predicted octanol–water partition coefficient (Wildman–Crippen LogP) is 3.48. The van der Waals surface area contributed by atoms with Gasteiger partial charge in [0.2, 0.25) is 5.91 Å². The van der Waals surface area contributed by atoms with Crippen molar-refractivity contribution in [2.45, 2.75) is 31.8 Å². The van der Waals surface area contributed by atoms with E-state index < -0.39 is 5.92 Å². The number of methoxy groups -OCH3 is 1. The Morgan fingerprint density at radius 1 is 1.11 bits per heavy atom. The number of amides is 2. The first-order valence-electron chi connectivity index (χ1n) is 9.67. The van der Waals surface area contributed by atoms with Crippen LogP contribution in [0, 0.1) is 0 Å². The molecular formula is C23H28N2O3. The van der Waals surface area contributed by atoms with Crippen LogP contribution in [0.2, 0.25) is 0 Å². The molecule has 0 saturated heterocycles. The Balaban J connectivity index is 2.18. The Hall–Kier alpha value is -2.66. The minimum Gasteiger partial charge on any atom is -0.383 e. The van der Waals surface area contributed by atoms with Crippen molar-refractivity contribution in [1.29, 1.82) is 0 Å². The van der Waals surface area contributed by atoms with Crippen LogP contribution in [0.4, 0.5) is 0 Å². The molecule has 3 rings (SSSR count). The van der Waals surface area contributed by atoms with Crippen LogP contribution in [0.1, 0.15) is 47.3 Å². The highest BCUT2D eigenvalue weighted by molar-refractivity contribution is 6.01. The topological polar surface area (TPSA) is 49.9 Å². The monoisotopic (exact) mass is 380 g/mol. The summed E-state index contributed by atoms with van der Waals surface area (Å²) in [6.07, 6.45) is 0. The molecule has 1 aliphatic rings. The van der Waals surface area contributed by atoms with Gasteiger partial charge in [-0.15, -0.1) is 0 Å². The Bertz CT molecular complexity index is 835. The van der Waals surface area contributed by atoms with Crippen molar-refractivity contribution in [2.75, 3.05) is 27.3 Å². The molecule has 5 heteroatoms. The maximum Gasteiger partial charge on any atom is 0.254 e. The Morgan fingerprint density at radius 2 is 1.75 bits per heavy atom. The zero-order valence-corrected chi connectivity index (χ0v) is 17.0. The summed E-state index contributed by atoms with van der Waals surface area (Å²) in [7, 11) is 3.45. The lowest BCUT2D eigenvalue weighted by atomic mass is 9.78. The molecule has 0 aliphatic carbocycles. The summed E-state index contributed by atoms with van der Waals surface area (Å²) in [6, 6.07) is 17.0. The van der Waals surface area contributed by atoms with Gasteiger partial charge in [-0.1, -0.05) is 48.5 Å². The highest BCUT2D eigenvalue weighted by Crippen LogP contribution is 2.43. The third-order valence-electron chi connectivity index (χ3n) is 5.50. The molecule has 0 bridgehead atoms. The molecule has 0 spiro atoms. The molecule has 148 valence electrons. The van der Waals surface area contributed by atoms with Gasteiger partial charge >= 0.3 is 0 Å². The van der Waals surface area contributed by atoms with E-state index in [1.54, 1.807) is 16.9 Å². The standard InChI is InChI=1S/C23H28N2O3/c1-16(2)24(3)23(27)20-18-12-8-9-13-19(18)22(26)25(14-15-28-4)21(20)17-10-6-5-7-11-17/h5-13,16,20-21H,14-15H2,1-4H3/t20-,21+/m1/s1. The van der Waals surface area contributed by atoms with Crippen molar-refractivity contribution in [2.24, 2.45) is 0 Å². The Kier molecular flexibility index (Phi) is 6.15. The van der Waals surface area contributed by atoms with Crippen LogP contribution in [0.15, 0.2) is 54.6 Å². The first-order valence-corrected chi connectivity index (χ1v) is 9.67. The molecule has 0 unspecified atom stereocenters. The van der Waals surface area contributed by atoms with Crippen molar-refractivity contribution in [3.05, 3.63) is 71.3 Å². The molecule has 1 aliphatic heterocycles. The summed E-state index contributed by atoms with van der Waals surface area (Å²) >= 11 is 0. The van der Waals surface area contributed by atoms with Crippen molar-refractivity contribution in [3.63, 3.8) is 0 Å². The average Bonchev–Trinajstić information content (AvgIpc) is 2.72. The quantitative estimate of drug-likeness (QED) is 0.771. The van der Waals surface area contributed by atoms with E-state index in [4.69, 9.17) is 4.74 Å². The van der Waals surface area contributed by atoms with Crippen molar-refractivity contribution < 1.29 is 14.3 Å². The molecule has 2 aromatic rings. The molecule has 5 nitrogen and oxygen atoms in total. The second-order valence-electron chi connectivity index (χ2n) is 7.45. The summed E-state index contributed by atoms with van der Waals surface area (Å²) in [6.45, 7) is 4.84. The molecule has 2 amide bonds. The maximum absolute atomic E-state index is 13.6. The van der Waals surface area contributed by atoms with Crippen LogP contribution in [0.5, 0.6) is 0 Å².